The Balaban J connectivity index is 1.50. The number of nitrogens with zero attached hydrogens (tertiary/aromatic N) is 1. The molecule has 3 rings (SSSR count). The topological polar surface area (TPSA) is 66.5 Å². The van der Waals surface area contributed by atoms with Crippen LogP contribution in [0, 0.1) is 5.92 Å². The molecular formula is C19H23ClN2O3S2. The Morgan fingerprint density at radius 1 is 1.22 bits per heavy atom. The molecule has 0 saturated carbocycles. The van der Waals surface area contributed by atoms with Crippen LogP contribution in [0.25, 0.3) is 0 Å². The fourth-order valence-corrected chi connectivity index (χ4v) is 6.41. The number of carbonyl (C=O) groups excluding carboxylic acids is 1. The molecule has 0 aliphatic carbocycles. The summed E-state index contributed by atoms with van der Waals surface area (Å²) in [5, 5.41) is 3.03. The van der Waals surface area contributed by atoms with E-state index >= 15 is 0 Å². The first-order valence-corrected chi connectivity index (χ1v) is 11.6. The molecule has 8 heteroatoms. The van der Waals surface area contributed by atoms with Gasteiger partial charge in [0.2, 0.25) is 5.91 Å². The Morgan fingerprint density at radius 3 is 2.48 bits per heavy atom. The highest BCUT2D eigenvalue weighted by molar-refractivity contribution is 7.91. The molecule has 2 heterocycles. The van der Waals surface area contributed by atoms with Gasteiger partial charge in [0, 0.05) is 19.5 Å². The molecular weight excluding hydrogens is 404 g/mol. The zero-order valence-corrected chi connectivity index (χ0v) is 17.5. The van der Waals surface area contributed by atoms with Crippen LogP contribution in [0.4, 0.5) is 0 Å². The number of carbonyl (C=O) groups is 1. The maximum absolute atomic E-state index is 12.6. The van der Waals surface area contributed by atoms with Gasteiger partial charge in [-0.15, -0.1) is 11.3 Å². The number of amides is 1. The number of piperidine rings is 1. The van der Waals surface area contributed by atoms with Crippen molar-refractivity contribution in [3.63, 3.8) is 0 Å². The van der Waals surface area contributed by atoms with Crippen molar-refractivity contribution in [2.45, 2.75) is 36.4 Å². The predicted molar refractivity (Wildman–Crippen MR) is 108 cm³/mol. The predicted octanol–water partition coefficient (Wildman–Crippen LogP) is 4.07. The summed E-state index contributed by atoms with van der Waals surface area (Å²) in [4.78, 5) is 12.3. The first-order chi connectivity index (χ1) is 12.9. The summed E-state index contributed by atoms with van der Waals surface area (Å²) in [6.07, 6.45) is 1.80. The van der Waals surface area contributed by atoms with Crippen LogP contribution in [0.3, 0.4) is 0 Å². The van der Waals surface area contributed by atoms with Crippen molar-refractivity contribution >= 4 is 38.9 Å². The fraction of sp³-hybridized carbons (Fsp3) is 0.421. The minimum absolute atomic E-state index is 0.0118. The van der Waals surface area contributed by atoms with Crippen molar-refractivity contribution in [1.29, 1.82) is 0 Å². The molecule has 1 aromatic carbocycles. The summed E-state index contributed by atoms with van der Waals surface area (Å²) in [6, 6.07) is 12.9. The molecule has 1 aliphatic rings. The maximum atomic E-state index is 12.6. The average Bonchev–Trinajstić information content (AvgIpc) is 3.10. The number of nitrogens with one attached hydrogen (secondary N) is 1. The van der Waals surface area contributed by atoms with Crippen molar-refractivity contribution < 1.29 is 13.2 Å². The van der Waals surface area contributed by atoms with E-state index in [9.17, 15) is 13.2 Å². The first kappa shape index (κ1) is 20.3. The highest BCUT2D eigenvalue weighted by Crippen LogP contribution is 2.31. The second kappa shape index (κ2) is 8.73. The smallest absolute Gasteiger partial charge is 0.252 e. The Bertz CT molecular complexity index is 875. The normalized spacial score (nSPS) is 17.6. The van der Waals surface area contributed by atoms with Gasteiger partial charge in [-0.1, -0.05) is 41.9 Å². The molecule has 0 bridgehead atoms. The third-order valence-corrected chi connectivity index (χ3v) is 8.46. The molecule has 2 aromatic rings. The summed E-state index contributed by atoms with van der Waals surface area (Å²) in [5.74, 6) is 0.212. The maximum Gasteiger partial charge on any atom is 0.252 e. The van der Waals surface area contributed by atoms with Crippen LogP contribution in [0.1, 0.15) is 37.8 Å². The van der Waals surface area contributed by atoms with Crippen molar-refractivity contribution in [2.24, 2.45) is 5.92 Å². The van der Waals surface area contributed by atoms with E-state index in [1.54, 1.807) is 12.1 Å². The standard InChI is InChI=1S/C19H23ClN2O3S2/c1-14(16-5-3-2-4-6-16)21-18(23)13-15-9-11-22(12-10-15)27(24,25)19-8-7-17(20)26-19/h2-8,14-15H,9-13H2,1H3,(H,21,23)/t14-/m1/s1. The zero-order valence-electron chi connectivity index (χ0n) is 15.1. The minimum Gasteiger partial charge on any atom is -0.350 e. The van der Waals surface area contributed by atoms with Crippen LogP contribution in [0.15, 0.2) is 46.7 Å². The number of rotatable bonds is 6. The Labute approximate surface area is 169 Å². The van der Waals surface area contributed by atoms with Gasteiger partial charge in [0.05, 0.1) is 10.4 Å². The van der Waals surface area contributed by atoms with Crippen LogP contribution in [-0.2, 0) is 14.8 Å². The van der Waals surface area contributed by atoms with Crippen molar-refractivity contribution in [3.05, 3.63) is 52.4 Å². The van der Waals surface area contributed by atoms with Crippen LogP contribution >= 0.6 is 22.9 Å². The van der Waals surface area contributed by atoms with E-state index in [-0.39, 0.29) is 22.1 Å². The molecule has 27 heavy (non-hydrogen) atoms. The van der Waals surface area contributed by atoms with Gasteiger partial charge in [0.1, 0.15) is 4.21 Å². The Hall–Kier alpha value is -1.41. The van der Waals surface area contributed by atoms with Crippen LogP contribution < -0.4 is 5.32 Å². The van der Waals surface area contributed by atoms with E-state index < -0.39 is 10.0 Å². The second-order valence-electron chi connectivity index (χ2n) is 6.81. The largest absolute Gasteiger partial charge is 0.350 e. The molecule has 0 unspecified atom stereocenters. The van der Waals surface area contributed by atoms with E-state index in [0.29, 0.717) is 36.7 Å². The lowest BCUT2D eigenvalue weighted by Gasteiger charge is -2.30. The highest BCUT2D eigenvalue weighted by Gasteiger charge is 2.31. The number of hydrogen-bond donors (Lipinski definition) is 1. The number of hydrogen-bond acceptors (Lipinski definition) is 4. The summed E-state index contributed by atoms with van der Waals surface area (Å²) in [7, 11) is -3.48. The lowest BCUT2D eigenvalue weighted by molar-refractivity contribution is -0.122. The molecule has 1 aliphatic heterocycles. The summed E-state index contributed by atoms with van der Waals surface area (Å²) < 4.78 is 27.5. The average molecular weight is 427 g/mol. The lowest BCUT2D eigenvalue weighted by Crippen LogP contribution is -2.39. The third-order valence-electron chi connectivity index (χ3n) is 4.87. The SMILES string of the molecule is C[C@@H](NC(=O)CC1CCN(S(=O)(=O)c2ccc(Cl)s2)CC1)c1ccccc1. The lowest BCUT2D eigenvalue weighted by atomic mass is 9.94. The Kier molecular flexibility index (Phi) is 6.57. The van der Waals surface area contributed by atoms with Crippen LogP contribution in [0.5, 0.6) is 0 Å². The number of thiophene rings is 1. The van der Waals surface area contributed by atoms with Crippen molar-refractivity contribution in [1.82, 2.24) is 9.62 Å². The van der Waals surface area contributed by atoms with Gasteiger partial charge in [-0.05, 0) is 43.4 Å². The van der Waals surface area contributed by atoms with E-state index in [2.05, 4.69) is 5.32 Å². The summed E-state index contributed by atoms with van der Waals surface area (Å²) in [5.41, 5.74) is 1.07. The molecule has 1 atom stereocenters. The minimum atomic E-state index is -3.48. The molecule has 1 saturated heterocycles. The van der Waals surface area contributed by atoms with Crippen molar-refractivity contribution in [2.75, 3.05) is 13.1 Å². The van der Waals surface area contributed by atoms with Gasteiger partial charge in [0.15, 0.2) is 0 Å². The molecule has 1 amide bonds. The fourth-order valence-electron chi connectivity index (χ4n) is 3.30. The molecule has 1 N–H and O–H groups in total. The van der Waals surface area contributed by atoms with E-state index in [4.69, 9.17) is 11.6 Å². The zero-order chi connectivity index (χ0) is 19.4. The van der Waals surface area contributed by atoms with Gasteiger partial charge < -0.3 is 5.32 Å². The van der Waals surface area contributed by atoms with E-state index in [0.717, 1.165) is 16.9 Å². The number of sulfonamides is 1. The van der Waals surface area contributed by atoms with Gasteiger partial charge in [-0.3, -0.25) is 4.79 Å². The second-order valence-corrected chi connectivity index (χ2v) is 10.7. The van der Waals surface area contributed by atoms with E-state index in [1.807, 2.05) is 37.3 Å². The van der Waals surface area contributed by atoms with Crippen LogP contribution in [0.2, 0.25) is 4.34 Å². The third kappa shape index (κ3) is 5.10. The van der Waals surface area contributed by atoms with E-state index in [1.165, 1.54) is 4.31 Å². The number of benzene rings is 1. The molecule has 1 aromatic heterocycles. The highest BCUT2D eigenvalue weighted by atomic mass is 35.5. The molecule has 1 fully saturated rings. The summed E-state index contributed by atoms with van der Waals surface area (Å²) in [6.45, 7) is 2.84. The monoisotopic (exact) mass is 426 g/mol. The quantitative estimate of drug-likeness (QED) is 0.757. The summed E-state index contributed by atoms with van der Waals surface area (Å²) >= 11 is 6.94. The molecule has 5 nitrogen and oxygen atoms in total. The van der Waals surface area contributed by atoms with Gasteiger partial charge in [-0.2, -0.15) is 4.31 Å². The van der Waals surface area contributed by atoms with Gasteiger partial charge in [0.25, 0.3) is 10.0 Å². The first-order valence-electron chi connectivity index (χ1n) is 8.96. The Morgan fingerprint density at radius 2 is 1.89 bits per heavy atom. The van der Waals surface area contributed by atoms with Gasteiger partial charge in [-0.25, -0.2) is 8.42 Å². The number of halogens is 1. The van der Waals surface area contributed by atoms with Gasteiger partial charge >= 0.3 is 0 Å². The van der Waals surface area contributed by atoms with Crippen LogP contribution in [-0.4, -0.2) is 31.7 Å². The van der Waals surface area contributed by atoms with Crippen molar-refractivity contribution in [3.8, 4) is 0 Å². The molecule has 0 radical (unpaired) electrons. The molecule has 0 spiro atoms. The molecule has 146 valence electrons.